The summed E-state index contributed by atoms with van der Waals surface area (Å²) >= 11 is 0. The van der Waals surface area contributed by atoms with E-state index in [2.05, 4.69) is 0 Å². The van der Waals surface area contributed by atoms with Crippen LogP contribution in [0, 0.1) is 5.41 Å². The summed E-state index contributed by atoms with van der Waals surface area (Å²) in [5, 5.41) is 0. The number of benzene rings is 1. The zero-order valence-corrected chi connectivity index (χ0v) is 10.8. The molecule has 0 fully saturated rings. The molecule has 0 aliphatic rings. The van der Waals surface area contributed by atoms with E-state index in [1.54, 1.807) is 12.1 Å². The first-order valence-electron chi connectivity index (χ1n) is 5.98. The predicted molar refractivity (Wildman–Crippen MR) is 67.2 cm³/mol. The lowest BCUT2D eigenvalue weighted by Gasteiger charge is -2.23. The minimum atomic E-state index is -2.73. The second-order valence-electron chi connectivity index (χ2n) is 5.30. The highest BCUT2D eigenvalue weighted by molar-refractivity contribution is 5.27. The van der Waals surface area contributed by atoms with Gasteiger partial charge in [-0.05, 0) is 30.0 Å². The summed E-state index contributed by atoms with van der Waals surface area (Å²) in [5.74, 6) is -2.73. The molecule has 0 amide bonds. The van der Waals surface area contributed by atoms with Gasteiger partial charge < -0.3 is 5.73 Å². The Balaban J connectivity index is 2.94. The minimum absolute atomic E-state index is 0.0554. The van der Waals surface area contributed by atoms with Crippen LogP contribution >= 0.6 is 0 Å². The Labute approximate surface area is 102 Å². The van der Waals surface area contributed by atoms with Gasteiger partial charge in [0.1, 0.15) is 0 Å². The molecular weight excluding hydrogens is 220 g/mol. The lowest BCUT2D eigenvalue weighted by atomic mass is 9.85. The summed E-state index contributed by atoms with van der Waals surface area (Å²) in [6.45, 7) is 6.12. The topological polar surface area (TPSA) is 26.0 Å². The molecule has 17 heavy (non-hydrogen) atoms. The van der Waals surface area contributed by atoms with Crippen LogP contribution in [0.4, 0.5) is 8.78 Å². The van der Waals surface area contributed by atoms with Crippen molar-refractivity contribution < 1.29 is 8.78 Å². The monoisotopic (exact) mass is 241 g/mol. The van der Waals surface area contributed by atoms with Gasteiger partial charge in [-0.1, -0.05) is 39.0 Å². The van der Waals surface area contributed by atoms with Crippen LogP contribution < -0.4 is 5.73 Å². The Kier molecular flexibility index (Phi) is 4.26. The average Bonchev–Trinajstić information content (AvgIpc) is 2.29. The van der Waals surface area contributed by atoms with Crippen LogP contribution in [0.2, 0.25) is 0 Å². The molecule has 96 valence electrons. The molecule has 0 aliphatic carbocycles. The van der Waals surface area contributed by atoms with E-state index in [0.717, 1.165) is 12.0 Å². The molecule has 0 saturated heterocycles. The third kappa shape index (κ3) is 3.77. The highest BCUT2D eigenvalue weighted by Crippen LogP contribution is 2.32. The Morgan fingerprint density at radius 1 is 1.24 bits per heavy atom. The standard InChI is InChI=1S/C14H21F2N/c1-4-14(15,16)12-7-5-6-11(8-12)9-13(2,3)10-17/h5-8H,4,9-10,17H2,1-3H3. The third-order valence-corrected chi connectivity index (χ3v) is 3.03. The Hall–Kier alpha value is -0.960. The van der Waals surface area contributed by atoms with Crippen LogP contribution in [-0.2, 0) is 12.3 Å². The summed E-state index contributed by atoms with van der Waals surface area (Å²) in [6.07, 6.45) is 0.549. The number of rotatable bonds is 5. The van der Waals surface area contributed by atoms with E-state index < -0.39 is 5.92 Å². The van der Waals surface area contributed by atoms with Crippen LogP contribution in [0.5, 0.6) is 0 Å². The van der Waals surface area contributed by atoms with Gasteiger partial charge in [-0.2, -0.15) is 0 Å². The van der Waals surface area contributed by atoms with E-state index in [-0.39, 0.29) is 17.4 Å². The van der Waals surface area contributed by atoms with Gasteiger partial charge in [0, 0.05) is 12.0 Å². The molecule has 0 radical (unpaired) electrons. The molecular formula is C14H21F2N. The molecule has 0 heterocycles. The zero-order valence-electron chi connectivity index (χ0n) is 10.8. The fourth-order valence-electron chi connectivity index (χ4n) is 1.74. The van der Waals surface area contributed by atoms with Gasteiger partial charge in [0.05, 0.1) is 0 Å². The fourth-order valence-corrected chi connectivity index (χ4v) is 1.74. The summed E-state index contributed by atoms with van der Waals surface area (Å²) in [5.41, 5.74) is 6.63. The number of alkyl halides is 2. The lowest BCUT2D eigenvalue weighted by Crippen LogP contribution is -2.26. The second kappa shape index (κ2) is 5.13. The molecule has 1 aromatic rings. The largest absolute Gasteiger partial charge is 0.330 e. The number of hydrogen-bond donors (Lipinski definition) is 1. The molecule has 1 rings (SSSR count). The molecule has 0 aliphatic heterocycles. The van der Waals surface area contributed by atoms with Crippen molar-refractivity contribution in [2.24, 2.45) is 11.1 Å². The van der Waals surface area contributed by atoms with Crippen LogP contribution in [-0.4, -0.2) is 6.54 Å². The van der Waals surface area contributed by atoms with Crippen LogP contribution in [0.3, 0.4) is 0 Å². The van der Waals surface area contributed by atoms with E-state index in [9.17, 15) is 8.78 Å². The van der Waals surface area contributed by atoms with Crippen molar-refractivity contribution in [3.63, 3.8) is 0 Å². The van der Waals surface area contributed by atoms with E-state index in [0.29, 0.717) is 6.54 Å². The fraction of sp³-hybridized carbons (Fsp3) is 0.571. The van der Waals surface area contributed by atoms with Crippen molar-refractivity contribution in [2.45, 2.75) is 39.5 Å². The first-order chi connectivity index (χ1) is 7.80. The van der Waals surface area contributed by atoms with Crippen molar-refractivity contribution in [3.05, 3.63) is 35.4 Å². The van der Waals surface area contributed by atoms with Crippen molar-refractivity contribution >= 4 is 0 Å². The van der Waals surface area contributed by atoms with E-state index in [1.807, 2.05) is 19.9 Å². The van der Waals surface area contributed by atoms with Crippen molar-refractivity contribution in [1.29, 1.82) is 0 Å². The summed E-state index contributed by atoms with van der Waals surface area (Å²) in [6, 6.07) is 6.66. The summed E-state index contributed by atoms with van der Waals surface area (Å²) in [4.78, 5) is 0. The minimum Gasteiger partial charge on any atom is -0.330 e. The van der Waals surface area contributed by atoms with E-state index in [1.165, 1.54) is 13.0 Å². The highest BCUT2D eigenvalue weighted by atomic mass is 19.3. The van der Waals surface area contributed by atoms with Crippen molar-refractivity contribution in [3.8, 4) is 0 Å². The zero-order chi connectivity index (χ0) is 13.1. The molecule has 1 nitrogen and oxygen atoms in total. The lowest BCUT2D eigenvalue weighted by molar-refractivity contribution is -0.00838. The van der Waals surface area contributed by atoms with Gasteiger partial charge >= 0.3 is 0 Å². The normalized spacial score (nSPS) is 12.8. The van der Waals surface area contributed by atoms with Gasteiger partial charge in [-0.3, -0.25) is 0 Å². The van der Waals surface area contributed by atoms with Gasteiger partial charge in [-0.15, -0.1) is 0 Å². The quantitative estimate of drug-likeness (QED) is 0.835. The molecule has 0 bridgehead atoms. The van der Waals surface area contributed by atoms with Crippen LogP contribution in [0.25, 0.3) is 0 Å². The Bertz CT molecular complexity index is 372. The van der Waals surface area contributed by atoms with Gasteiger partial charge in [0.2, 0.25) is 0 Å². The maximum Gasteiger partial charge on any atom is 0.273 e. The van der Waals surface area contributed by atoms with Gasteiger partial charge in [-0.25, -0.2) is 8.78 Å². The molecule has 0 atom stereocenters. The number of nitrogens with two attached hydrogens (primary N) is 1. The predicted octanol–water partition coefficient (Wildman–Crippen LogP) is 3.72. The maximum absolute atomic E-state index is 13.6. The second-order valence-corrected chi connectivity index (χ2v) is 5.30. The molecule has 0 saturated carbocycles. The number of halogens is 2. The summed E-state index contributed by atoms with van der Waals surface area (Å²) < 4.78 is 27.1. The SMILES string of the molecule is CCC(F)(F)c1cccc(CC(C)(C)CN)c1. The first-order valence-corrected chi connectivity index (χ1v) is 5.98. The third-order valence-electron chi connectivity index (χ3n) is 3.03. The molecule has 2 N–H and O–H groups in total. The smallest absolute Gasteiger partial charge is 0.273 e. The Morgan fingerprint density at radius 3 is 2.41 bits per heavy atom. The molecule has 0 aromatic heterocycles. The van der Waals surface area contributed by atoms with Crippen molar-refractivity contribution in [1.82, 2.24) is 0 Å². The maximum atomic E-state index is 13.6. The molecule has 1 aromatic carbocycles. The molecule has 0 unspecified atom stereocenters. The van der Waals surface area contributed by atoms with E-state index >= 15 is 0 Å². The molecule has 0 spiro atoms. The average molecular weight is 241 g/mol. The van der Waals surface area contributed by atoms with Crippen LogP contribution in [0.1, 0.15) is 38.3 Å². The van der Waals surface area contributed by atoms with Gasteiger partial charge in [0.25, 0.3) is 5.92 Å². The highest BCUT2D eigenvalue weighted by Gasteiger charge is 2.29. The van der Waals surface area contributed by atoms with Crippen LogP contribution in [0.15, 0.2) is 24.3 Å². The van der Waals surface area contributed by atoms with E-state index in [4.69, 9.17) is 5.73 Å². The van der Waals surface area contributed by atoms with Gasteiger partial charge in [0.15, 0.2) is 0 Å². The first kappa shape index (κ1) is 14.1. The van der Waals surface area contributed by atoms with Crippen molar-refractivity contribution in [2.75, 3.05) is 6.54 Å². The summed E-state index contributed by atoms with van der Waals surface area (Å²) in [7, 11) is 0. The Morgan fingerprint density at radius 2 is 1.88 bits per heavy atom. The molecule has 3 heteroatoms. The number of hydrogen-bond acceptors (Lipinski definition) is 1.